The minimum Gasteiger partial charge on any atom is -0.454 e. The molecule has 1 aromatic heterocycles. The molecule has 3 aliphatic rings. The Balaban J connectivity index is 1.77. The second-order valence-electron chi connectivity index (χ2n) is 8.20. The second kappa shape index (κ2) is 5.60. The van der Waals surface area contributed by atoms with E-state index in [1.807, 2.05) is 19.9 Å². The molecule has 0 bridgehead atoms. The first-order chi connectivity index (χ1) is 13.3. The molecule has 2 aliphatic heterocycles. The molecule has 0 amide bonds. The summed E-state index contributed by atoms with van der Waals surface area (Å²) in [7, 11) is 0. The van der Waals surface area contributed by atoms with Gasteiger partial charge < -0.3 is 14.8 Å². The Kier molecular flexibility index (Phi) is 3.37. The number of ketones is 1. The summed E-state index contributed by atoms with van der Waals surface area (Å²) < 4.78 is 10.9. The lowest BCUT2D eigenvalue weighted by Crippen LogP contribution is -2.38. The predicted octanol–water partition coefficient (Wildman–Crippen LogP) is 1.99. The van der Waals surface area contributed by atoms with E-state index in [-0.39, 0.29) is 18.0 Å². The van der Waals surface area contributed by atoms with E-state index >= 15 is 0 Å². The fraction of sp³-hybridized carbons (Fsp3) is 0.350. The molecule has 0 saturated carbocycles. The first-order valence-corrected chi connectivity index (χ1v) is 9.12. The highest BCUT2D eigenvalue weighted by molar-refractivity contribution is 6.01. The summed E-state index contributed by atoms with van der Waals surface area (Å²) in [6.07, 6.45) is 1.04. The number of rotatable bonds is 1. The van der Waals surface area contributed by atoms with E-state index in [1.54, 1.807) is 12.1 Å². The number of fused-ring (bicyclic) bond motifs is 2. The van der Waals surface area contributed by atoms with Crippen molar-refractivity contribution in [2.45, 2.75) is 32.6 Å². The third kappa shape index (κ3) is 2.48. The zero-order valence-corrected chi connectivity index (χ0v) is 15.5. The molecule has 3 N–H and O–H groups in total. The van der Waals surface area contributed by atoms with Crippen LogP contribution in [0, 0.1) is 5.41 Å². The average Bonchev–Trinajstić information content (AvgIpc) is 3.06. The number of allylic oxidation sites excluding steroid dienone is 2. The van der Waals surface area contributed by atoms with Crippen molar-refractivity contribution in [2.24, 2.45) is 5.41 Å². The van der Waals surface area contributed by atoms with Crippen LogP contribution in [0.4, 0.5) is 5.82 Å². The molecule has 5 rings (SSSR count). The Morgan fingerprint density at radius 1 is 1.04 bits per heavy atom. The van der Waals surface area contributed by atoms with Crippen molar-refractivity contribution in [3.8, 4) is 11.5 Å². The molecule has 2 aromatic rings. The number of hydrogen-bond acceptors (Lipinski definition) is 6. The monoisotopic (exact) mass is 381 g/mol. The smallest absolute Gasteiger partial charge is 0.327 e. The van der Waals surface area contributed by atoms with Crippen LogP contribution in [0.2, 0.25) is 0 Å². The number of nitrogens with one attached hydrogen (secondary N) is 3. The van der Waals surface area contributed by atoms with Gasteiger partial charge in [-0.15, -0.1) is 0 Å². The van der Waals surface area contributed by atoms with Crippen LogP contribution in [0.15, 0.2) is 39.1 Å². The average molecular weight is 381 g/mol. The lowest BCUT2D eigenvalue weighted by atomic mass is 9.69. The summed E-state index contributed by atoms with van der Waals surface area (Å²) >= 11 is 0. The second-order valence-corrected chi connectivity index (χ2v) is 8.20. The Labute approximate surface area is 159 Å². The first-order valence-electron chi connectivity index (χ1n) is 9.12. The molecule has 1 aliphatic carbocycles. The molecule has 8 nitrogen and oxygen atoms in total. The van der Waals surface area contributed by atoms with Crippen LogP contribution >= 0.6 is 0 Å². The summed E-state index contributed by atoms with van der Waals surface area (Å²) in [6, 6.07) is 5.40. The van der Waals surface area contributed by atoms with Crippen LogP contribution in [0.25, 0.3) is 0 Å². The van der Waals surface area contributed by atoms with Crippen LogP contribution in [0.1, 0.15) is 43.7 Å². The van der Waals surface area contributed by atoms with Crippen molar-refractivity contribution < 1.29 is 14.3 Å². The molecule has 1 unspecified atom stereocenters. The number of carbonyl (C=O) groups excluding carboxylic acids is 1. The van der Waals surface area contributed by atoms with E-state index in [0.717, 1.165) is 11.3 Å². The van der Waals surface area contributed by atoms with E-state index in [0.29, 0.717) is 41.3 Å². The Bertz CT molecular complexity index is 1170. The minimum atomic E-state index is -0.593. The van der Waals surface area contributed by atoms with E-state index in [9.17, 15) is 14.4 Å². The van der Waals surface area contributed by atoms with Gasteiger partial charge in [0.15, 0.2) is 17.3 Å². The minimum absolute atomic E-state index is 0.00216. The molecule has 8 heteroatoms. The largest absolute Gasteiger partial charge is 0.454 e. The van der Waals surface area contributed by atoms with Crippen molar-refractivity contribution in [1.82, 2.24) is 9.97 Å². The SMILES string of the molecule is CC1(C)CC(=O)C2=C(C1)Nc1[nH]c(=O)[nH]c(=O)c1C2c1ccc2c(c1)OCO2. The summed E-state index contributed by atoms with van der Waals surface area (Å²) in [5.41, 5.74) is 1.07. The molecule has 1 atom stereocenters. The van der Waals surface area contributed by atoms with Gasteiger partial charge in [0.25, 0.3) is 5.56 Å². The molecule has 144 valence electrons. The molecular weight excluding hydrogens is 362 g/mol. The Morgan fingerprint density at radius 2 is 1.82 bits per heavy atom. The molecular formula is C20H19N3O5. The maximum absolute atomic E-state index is 13.1. The number of hydrogen-bond donors (Lipinski definition) is 3. The third-order valence-corrected chi connectivity index (χ3v) is 5.48. The van der Waals surface area contributed by atoms with E-state index < -0.39 is 17.2 Å². The highest BCUT2D eigenvalue weighted by atomic mass is 16.7. The van der Waals surface area contributed by atoms with Gasteiger partial charge in [-0.2, -0.15) is 0 Å². The number of Topliss-reactive ketones (excluding diaryl/α,β-unsaturated/α-hetero) is 1. The molecule has 0 fully saturated rings. The number of anilines is 1. The number of aromatic nitrogens is 2. The summed E-state index contributed by atoms with van der Waals surface area (Å²) in [4.78, 5) is 42.6. The lowest BCUT2D eigenvalue weighted by Gasteiger charge is -2.38. The number of ether oxygens (including phenoxy) is 2. The van der Waals surface area contributed by atoms with Crippen molar-refractivity contribution in [3.63, 3.8) is 0 Å². The van der Waals surface area contributed by atoms with Gasteiger partial charge in [-0.05, 0) is 29.5 Å². The number of benzene rings is 1. The van der Waals surface area contributed by atoms with Crippen molar-refractivity contribution in [2.75, 3.05) is 12.1 Å². The molecule has 3 heterocycles. The van der Waals surface area contributed by atoms with Gasteiger partial charge in [0.2, 0.25) is 6.79 Å². The van der Waals surface area contributed by atoms with Gasteiger partial charge in [-0.1, -0.05) is 19.9 Å². The predicted molar refractivity (Wildman–Crippen MR) is 101 cm³/mol. The van der Waals surface area contributed by atoms with Crippen LogP contribution < -0.4 is 26.0 Å². The van der Waals surface area contributed by atoms with Crippen LogP contribution in [-0.2, 0) is 4.79 Å². The highest BCUT2D eigenvalue weighted by Crippen LogP contribution is 2.48. The van der Waals surface area contributed by atoms with Gasteiger partial charge in [-0.3, -0.25) is 19.6 Å². The molecule has 28 heavy (non-hydrogen) atoms. The Hall–Kier alpha value is -3.29. The summed E-state index contributed by atoms with van der Waals surface area (Å²) in [6.45, 7) is 4.20. The molecule has 1 aromatic carbocycles. The lowest BCUT2D eigenvalue weighted by molar-refractivity contribution is -0.118. The normalized spacial score (nSPS) is 21.8. The first kappa shape index (κ1) is 16.9. The van der Waals surface area contributed by atoms with E-state index in [4.69, 9.17) is 9.47 Å². The number of H-pyrrole nitrogens is 2. The fourth-order valence-corrected chi connectivity index (χ4v) is 4.37. The molecule has 0 spiro atoms. The van der Waals surface area contributed by atoms with Gasteiger partial charge >= 0.3 is 5.69 Å². The van der Waals surface area contributed by atoms with Crippen molar-refractivity contribution >= 4 is 11.6 Å². The quantitative estimate of drug-likeness (QED) is 0.696. The number of aromatic amines is 2. The van der Waals surface area contributed by atoms with Gasteiger partial charge in [0.1, 0.15) is 5.82 Å². The maximum Gasteiger partial charge on any atom is 0.327 e. The van der Waals surface area contributed by atoms with Crippen LogP contribution in [-0.4, -0.2) is 22.5 Å². The van der Waals surface area contributed by atoms with Gasteiger partial charge in [0, 0.05) is 23.6 Å². The highest BCUT2D eigenvalue weighted by Gasteiger charge is 2.42. The van der Waals surface area contributed by atoms with Crippen LogP contribution in [0.3, 0.4) is 0 Å². The zero-order valence-electron chi connectivity index (χ0n) is 15.5. The zero-order chi connectivity index (χ0) is 19.6. The van der Waals surface area contributed by atoms with Gasteiger partial charge in [-0.25, -0.2) is 4.79 Å². The van der Waals surface area contributed by atoms with Crippen LogP contribution in [0.5, 0.6) is 11.5 Å². The summed E-state index contributed by atoms with van der Waals surface area (Å²) in [5.74, 6) is 0.936. The van der Waals surface area contributed by atoms with Gasteiger partial charge in [0.05, 0.1) is 5.56 Å². The molecule has 0 radical (unpaired) electrons. The van der Waals surface area contributed by atoms with Crippen molar-refractivity contribution in [1.29, 1.82) is 0 Å². The fourth-order valence-electron chi connectivity index (χ4n) is 4.37. The standard InChI is InChI=1S/C20H19N3O5/c1-20(2)6-10-15(11(24)7-20)14(9-3-4-12-13(5-9)28-8-27-12)16-17(21-10)22-19(26)23-18(16)25/h3-5,14H,6-8H2,1-2H3,(H3,21,22,23,25,26). The van der Waals surface area contributed by atoms with E-state index in [1.165, 1.54) is 0 Å². The van der Waals surface area contributed by atoms with E-state index in [2.05, 4.69) is 15.3 Å². The topological polar surface area (TPSA) is 113 Å². The Morgan fingerprint density at radius 3 is 2.64 bits per heavy atom. The number of carbonyl (C=O) groups is 1. The molecule has 0 saturated heterocycles. The maximum atomic E-state index is 13.1. The van der Waals surface area contributed by atoms with Crippen molar-refractivity contribution in [3.05, 3.63) is 61.4 Å². The summed E-state index contributed by atoms with van der Waals surface area (Å²) in [5, 5.41) is 3.15. The third-order valence-electron chi connectivity index (χ3n) is 5.48.